The number of nitrogens with zero attached hydrogens (tertiary/aromatic N) is 4. The minimum absolute atomic E-state index is 0.0856. The molecule has 2 aromatic rings. The summed E-state index contributed by atoms with van der Waals surface area (Å²) in [6.07, 6.45) is -2.46. The number of anilines is 1. The van der Waals surface area contributed by atoms with Gasteiger partial charge in [-0.2, -0.15) is 18.4 Å². The second kappa shape index (κ2) is 11.3. The average molecular weight is 493 g/mol. The number of rotatable bonds is 10. The molecule has 0 aliphatic carbocycles. The Morgan fingerprint density at radius 1 is 1.18 bits per heavy atom. The van der Waals surface area contributed by atoms with E-state index in [1.807, 2.05) is 19.0 Å². The van der Waals surface area contributed by atoms with Crippen molar-refractivity contribution in [1.29, 1.82) is 5.26 Å². The van der Waals surface area contributed by atoms with Gasteiger partial charge in [0.2, 0.25) is 0 Å². The highest BCUT2D eigenvalue weighted by atomic mass is 35.5. The average Bonchev–Trinajstić information content (AvgIpc) is 2.70. The van der Waals surface area contributed by atoms with Crippen molar-refractivity contribution in [3.8, 4) is 23.1 Å². The second-order valence-corrected chi connectivity index (χ2v) is 7.65. The van der Waals surface area contributed by atoms with Gasteiger partial charge in [0.1, 0.15) is 34.4 Å². The van der Waals surface area contributed by atoms with Gasteiger partial charge in [-0.1, -0.05) is 11.6 Å². The van der Waals surface area contributed by atoms with E-state index in [0.29, 0.717) is 13.0 Å². The lowest BCUT2D eigenvalue weighted by atomic mass is 10.1. The van der Waals surface area contributed by atoms with Gasteiger partial charge in [-0.05, 0) is 27.4 Å². The van der Waals surface area contributed by atoms with E-state index in [-0.39, 0.29) is 24.7 Å². The van der Waals surface area contributed by atoms with Crippen LogP contribution in [0.2, 0.25) is 5.15 Å². The third-order valence-corrected chi connectivity index (χ3v) is 4.64. The molecule has 0 unspecified atom stereocenters. The molecular weight excluding hydrogens is 471 g/mol. The van der Waals surface area contributed by atoms with E-state index in [9.17, 15) is 22.0 Å². The number of hydrogen-bond donors (Lipinski definition) is 2. The summed E-state index contributed by atoms with van der Waals surface area (Å²) in [5, 5.41) is 12.5. The van der Waals surface area contributed by atoms with Gasteiger partial charge in [0, 0.05) is 18.7 Å². The molecule has 13 heteroatoms. The first-order valence-corrected chi connectivity index (χ1v) is 10.1. The Kier molecular flexibility index (Phi) is 9.01. The van der Waals surface area contributed by atoms with Crippen LogP contribution in [-0.4, -0.2) is 54.3 Å². The Bertz CT molecular complexity index is 989. The summed E-state index contributed by atoms with van der Waals surface area (Å²) in [7, 11) is 3.74. The van der Waals surface area contributed by atoms with Crippen molar-refractivity contribution in [3.05, 3.63) is 34.7 Å². The summed E-state index contributed by atoms with van der Waals surface area (Å²) in [5.74, 6) is -3.00. The van der Waals surface area contributed by atoms with Crippen LogP contribution in [0.25, 0.3) is 11.1 Å². The molecule has 0 spiro atoms. The fraction of sp³-hybridized carbons (Fsp3) is 0.450. The van der Waals surface area contributed by atoms with Gasteiger partial charge in [0.05, 0.1) is 24.3 Å². The maximum absolute atomic E-state index is 14.9. The predicted octanol–water partition coefficient (Wildman–Crippen LogP) is 4.34. The fourth-order valence-electron chi connectivity index (χ4n) is 2.73. The molecule has 180 valence electrons. The number of alkyl halides is 3. The largest absolute Gasteiger partial charge is 0.493 e. The van der Waals surface area contributed by atoms with E-state index in [1.54, 1.807) is 6.19 Å². The van der Waals surface area contributed by atoms with Crippen LogP contribution in [-0.2, 0) is 6.54 Å². The van der Waals surface area contributed by atoms with E-state index in [2.05, 4.69) is 20.6 Å². The van der Waals surface area contributed by atoms with Gasteiger partial charge >= 0.3 is 6.18 Å². The van der Waals surface area contributed by atoms with Crippen molar-refractivity contribution in [3.63, 3.8) is 0 Å². The highest BCUT2D eigenvalue weighted by molar-refractivity contribution is 6.32. The molecule has 0 saturated carbocycles. The van der Waals surface area contributed by atoms with Crippen molar-refractivity contribution in [2.75, 3.05) is 32.6 Å². The number of aromatic nitrogens is 2. The van der Waals surface area contributed by atoms with Crippen LogP contribution in [0, 0.1) is 23.1 Å². The lowest BCUT2D eigenvalue weighted by Crippen LogP contribution is -2.34. The zero-order chi connectivity index (χ0) is 24.8. The van der Waals surface area contributed by atoms with Gasteiger partial charge in [0.25, 0.3) is 0 Å². The van der Waals surface area contributed by atoms with E-state index < -0.39 is 46.0 Å². The molecule has 0 radical (unpaired) electrons. The van der Waals surface area contributed by atoms with Crippen molar-refractivity contribution in [1.82, 2.24) is 20.2 Å². The highest BCUT2D eigenvalue weighted by Gasteiger charge is 2.37. The quantitative estimate of drug-likeness (QED) is 0.168. The third-order valence-electron chi connectivity index (χ3n) is 4.36. The van der Waals surface area contributed by atoms with Gasteiger partial charge in [0.15, 0.2) is 12.0 Å². The zero-order valence-electron chi connectivity index (χ0n) is 18.0. The lowest BCUT2D eigenvalue weighted by Gasteiger charge is -2.21. The monoisotopic (exact) mass is 492 g/mol. The Hall–Kier alpha value is -2.91. The van der Waals surface area contributed by atoms with Gasteiger partial charge < -0.3 is 20.3 Å². The molecule has 7 nitrogen and oxygen atoms in total. The Morgan fingerprint density at radius 2 is 1.82 bits per heavy atom. The minimum Gasteiger partial charge on any atom is -0.493 e. The first-order valence-electron chi connectivity index (χ1n) is 9.72. The molecule has 1 heterocycles. The number of benzene rings is 1. The van der Waals surface area contributed by atoms with E-state index in [0.717, 1.165) is 19.1 Å². The smallest absolute Gasteiger partial charge is 0.408 e. The maximum Gasteiger partial charge on any atom is 0.408 e. The topological polar surface area (TPSA) is 86.1 Å². The van der Waals surface area contributed by atoms with E-state index in [4.69, 9.17) is 21.6 Å². The molecule has 0 aliphatic heterocycles. The van der Waals surface area contributed by atoms with Crippen molar-refractivity contribution in [2.45, 2.75) is 32.1 Å². The number of halogens is 6. The van der Waals surface area contributed by atoms with Gasteiger partial charge in [-0.25, -0.2) is 18.7 Å². The molecule has 2 N–H and O–H groups in total. The first kappa shape index (κ1) is 26.3. The third kappa shape index (κ3) is 7.30. The predicted molar refractivity (Wildman–Crippen MR) is 113 cm³/mol. The summed E-state index contributed by atoms with van der Waals surface area (Å²) in [6.45, 7) is 1.47. The standard InChI is InChI=1S/C20H22ClF5N6O/c1-11(20(24,25)26)29-19-17(18(21)30-15(31-19)9-28-10-27)16-13(22)7-12(8-14(16)23)33-6-4-5-32(2)3/h7-8,11,28H,4-6,9H2,1-3H3,(H,29,30,31)/t11-/m0/s1. The summed E-state index contributed by atoms with van der Waals surface area (Å²) < 4.78 is 74.6. The molecule has 0 amide bonds. The molecule has 0 fully saturated rings. The van der Waals surface area contributed by atoms with Crippen LogP contribution in [0.4, 0.5) is 27.8 Å². The van der Waals surface area contributed by atoms with Gasteiger partial charge in [-0.3, -0.25) is 0 Å². The number of ether oxygens (including phenoxy) is 1. The van der Waals surface area contributed by atoms with Crippen LogP contribution >= 0.6 is 11.6 Å². The van der Waals surface area contributed by atoms with Crippen LogP contribution in [0.15, 0.2) is 12.1 Å². The number of nitrogens with one attached hydrogen (secondary N) is 2. The fourth-order valence-corrected chi connectivity index (χ4v) is 3.01. The minimum atomic E-state index is -4.68. The van der Waals surface area contributed by atoms with Crippen LogP contribution < -0.4 is 15.4 Å². The normalized spacial score (nSPS) is 12.4. The van der Waals surface area contributed by atoms with E-state index >= 15 is 0 Å². The highest BCUT2D eigenvalue weighted by Crippen LogP contribution is 2.39. The Morgan fingerprint density at radius 3 is 2.36 bits per heavy atom. The molecule has 1 atom stereocenters. The summed E-state index contributed by atoms with van der Waals surface area (Å²) >= 11 is 6.11. The molecule has 2 rings (SSSR count). The molecule has 0 saturated heterocycles. The molecule has 1 aromatic carbocycles. The van der Waals surface area contributed by atoms with Crippen LogP contribution in [0.3, 0.4) is 0 Å². The van der Waals surface area contributed by atoms with Crippen LogP contribution in [0.5, 0.6) is 5.75 Å². The lowest BCUT2D eigenvalue weighted by molar-refractivity contribution is -0.138. The summed E-state index contributed by atoms with van der Waals surface area (Å²) in [5.41, 5.74) is -1.19. The molecule has 33 heavy (non-hydrogen) atoms. The number of hydrogen-bond acceptors (Lipinski definition) is 7. The SMILES string of the molecule is C[C@H](Nc1nc(CNC#N)nc(Cl)c1-c1c(F)cc(OCCCN(C)C)cc1F)C(F)(F)F. The van der Waals surface area contributed by atoms with E-state index in [1.165, 1.54) is 0 Å². The van der Waals surface area contributed by atoms with Crippen molar-refractivity contribution in [2.24, 2.45) is 0 Å². The first-order chi connectivity index (χ1) is 15.4. The second-order valence-electron chi connectivity index (χ2n) is 7.29. The maximum atomic E-state index is 14.9. The molecular formula is C20H22ClF5N6O. The number of nitriles is 1. The van der Waals surface area contributed by atoms with Crippen molar-refractivity contribution >= 4 is 17.4 Å². The van der Waals surface area contributed by atoms with Crippen molar-refractivity contribution < 1.29 is 26.7 Å². The summed E-state index contributed by atoms with van der Waals surface area (Å²) in [6, 6.07) is -0.302. The summed E-state index contributed by atoms with van der Waals surface area (Å²) in [4.78, 5) is 9.66. The van der Waals surface area contributed by atoms with Crippen LogP contribution in [0.1, 0.15) is 19.2 Å². The zero-order valence-corrected chi connectivity index (χ0v) is 18.8. The molecule has 0 bridgehead atoms. The molecule has 0 aliphatic rings. The Labute approximate surface area is 192 Å². The Balaban J connectivity index is 2.47. The molecule has 1 aromatic heterocycles. The van der Waals surface area contributed by atoms with Gasteiger partial charge in [-0.15, -0.1) is 0 Å².